The van der Waals surface area contributed by atoms with E-state index in [0.717, 1.165) is 0 Å². The minimum atomic E-state index is -1.03. The fourth-order valence-corrected chi connectivity index (χ4v) is 2.00. The summed E-state index contributed by atoms with van der Waals surface area (Å²) in [6, 6.07) is 0. The average Bonchev–Trinajstić information content (AvgIpc) is 2.07. The van der Waals surface area contributed by atoms with Gasteiger partial charge in [0.15, 0.2) is 0 Å². The first-order valence-electron chi connectivity index (χ1n) is 4.59. The maximum atomic E-state index is 10.9. The Morgan fingerprint density at radius 1 is 0.929 bits per heavy atom. The van der Waals surface area contributed by atoms with Gasteiger partial charge < -0.3 is 10.2 Å². The second-order valence-corrected chi connectivity index (χ2v) is 3.83. The second kappa shape index (κ2) is 3.82. The Labute approximate surface area is 82.2 Å². The quantitative estimate of drug-likeness (QED) is 0.654. The van der Waals surface area contributed by atoms with Gasteiger partial charge in [0.25, 0.3) is 0 Å². The van der Waals surface area contributed by atoms with Gasteiger partial charge in [-0.15, -0.1) is 0 Å². The highest BCUT2D eigenvalue weighted by atomic mass is 16.4. The molecule has 4 nitrogen and oxygen atoms in total. The van der Waals surface area contributed by atoms with Crippen LogP contribution in [0.3, 0.4) is 0 Å². The van der Waals surface area contributed by atoms with E-state index in [1.807, 2.05) is 0 Å². The number of rotatable bonds is 2. The minimum absolute atomic E-state index is 0.218. The molecule has 0 amide bonds. The summed E-state index contributed by atoms with van der Waals surface area (Å²) < 4.78 is 0. The molecular formula is C10H14O4. The van der Waals surface area contributed by atoms with Crippen LogP contribution in [0.1, 0.15) is 13.8 Å². The van der Waals surface area contributed by atoms with Gasteiger partial charge in [0.05, 0.1) is 11.8 Å². The molecule has 0 aromatic heterocycles. The van der Waals surface area contributed by atoms with Crippen molar-refractivity contribution in [1.82, 2.24) is 0 Å². The van der Waals surface area contributed by atoms with Gasteiger partial charge >= 0.3 is 11.9 Å². The Morgan fingerprint density at radius 3 is 1.43 bits per heavy atom. The van der Waals surface area contributed by atoms with Crippen LogP contribution in [0.15, 0.2) is 12.2 Å². The van der Waals surface area contributed by atoms with Crippen molar-refractivity contribution in [1.29, 1.82) is 0 Å². The van der Waals surface area contributed by atoms with Crippen molar-refractivity contribution in [2.75, 3.05) is 0 Å². The molecule has 0 saturated carbocycles. The highest BCUT2D eigenvalue weighted by Gasteiger charge is 2.41. The maximum Gasteiger partial charge on any atom is 0.307 e. The fourth-order valence-electron chi connectivity index (χ4n) is 2.00. The van der Waals surface area contributed by atoms with Crippen LogP contribution in [0.4, 0.5) is 0 Å². The summed E-state index contributed by atoms with van der Waals surface area (Å²) in [5.74, 6) is -4.11. The predicted molar refractivity (Wildman–Crippen MR) is 49.7 cm³/mol. The number of aliphatic carboxylic acids is 2. The summed E-state index contributed by atoms with van der Waals surface area (Å²) in [6.45, 7) is 3.47. The molecule has 0 aromatic rings. The molecule has 0 radical (unpaired) electrons. The lowest BCUT2D eigenvalue weighted by molar-refractivity contribution is -0.157. The molecule has 1 rings (SSSR count). The molecule has 0 aromatic carbocycles. The Balaban J connectivity index is 3.02. The van der Waals surface area contributed by atoms with Crippen molar-refractivity contribution >= 4 is 11.9 Å². The lowest BCUT2D eigenvalue weighted by Gasteiger charge is -2.31. The van der Waals surface area contributed by atoms with Crippen LogP contribution in [0, 0.1) is 23.7 Å². The molecule has 4 heteroatoms. The topological polar surface area (TPSA) is 74.6 Å². The third-order valence-electron chi connectivity index (χ3n) is 2.81. The number of hydrogen-bond donors (Lipinski definition) is 2. The van der Waals surface area contributed by atoms with Crippen LogP contribution in [0.5, 0.6) is 0 Å². The molecule has 0 saturated heterocycles. The zero-order valence-electron chi connectivity index (χ0n) is 8.18. The number of carboxylic acid groups (broad SMARTS) is 2. The van der Waals surface area contributed by atoms with Crippen LogP contribution in [0.2, 0.25) is 0 Å². The number of allylic oxidation sites excluding steroid dienone is 2. The Hall–Kier alpha value is -1.32. The van der Waals surface area contributed by atoms with Crippen molar-refractivity contribution in [3.8, 4) is 0 Å². The Morgan fingerprint density at radius 2 is 1.21 bits per heavy atom. The fraction of sp³-hybridized carbons (Fsp3) is 0.600. The third-order valence-corrected chi connectivity index (χ3v) is 2.81. The van der Waals surface area contributed by atoms with Gasteiger partial charge in [-0.05, 0) is 11.8 Å². The summed E-state index contributed by atoms with van der Waals surface area (Å²) in [5, 5.41) is 17.9. The lowest BCUT2D eigenvalue weighted by atomic mass is 9.72. The molecule has 14 heavy (non-hydrogen) atoms. The maximum absolute atomic E-state index is 10.9. The molecule has 0 heterocycles. The average molecular weight is 198 g/mol. The smallest absolute Gasteiger partial charge is 0.307 e. The predicted octanol–water partition coefficient (Wildman–Crippen LogP) is 1.23. The van der Waals surface area contributed by atoms with E-state index in [1.165, 1.54) is 0 Å². The van der Waals surface area contributed by atoms with Crippen LogP contribution in [-0.4, -0.2) is 22.2 Å². The van der Waals surface area contributed by atoms with Gasteiger partial charge in [0.2, 0.25) is 0 Å². The first kappa shape index (κ1) is 10.8. The van der Waals surface area contributed by atoms with Crippen LogP contribution in [0.25, 0.3) is 0 Å². The molecular weight excluding hydrogens is 184 g/mol. The first-order valence-corrected chi connectivity index (χ1v) is 4.59. The van der Waals surface area contributed by atoms with E-state index < -0.39 is 23.8 Å². The third kappa shape index (κ3) is 1.78. The number of carbonyl (C=O) groups is 2. The van der Waals surface area contributed by atoms with Crippen molar-refractivity contribution < 1.29 is 19.8 Å². The zero-order chi connectivity index (χ0) is 10.9. The van der Waals surface area contributed by atoms with Gasteiger partial charge in [-0.3, -0.25) is 9.59 Å². The zero-order valence-corrected chi connectivity index (χ0v) is 8.18. The van der Waals surface area contributed by atoms with Crippen molar-refractivity contribution in [3.63, 3.8) is 0 Å². The summed E-state index contributed by atoms with van der Waals surface area (Å²) >= 11 is 0. The van der Waals surface area contributed by atoms with E-state index in [9.17, 15) is 9.59 Å². The molecule has 78 valence electrons. The second-order valence-electron chi connectivity index (χ2n) is 3.83. The summed E-state index contributed by atoms with van der Waals surface area (Å²) in [5.41, 5.74) is 0. The Bertz CT molecular complexity index is 254. The molecule has 0 fully saturated rings. The summed E-state index contributed by atoms with van der Waals surface area (Å²) in [6.07, 6.45) is 3.56. The minimum Gasteiger partial charge on any atom is -0.481 e. The van der Waals surface area contributed by atoms with E-state index in [1.54, 1.807) is 26.0 Å². The monoisotopic (exact) mass is 198 g/mol. The molecule has 1 aliphatic carbocycles. The van der Waals surface area contributed by atoms with E-state index in [0.29, 0.717) is 0 Å². The molecule has 4 atom stereocenters. The molecule has 0 aliphatic heterocycles. The van der Waals surface area contributed by atoms with Gasteiger partial charge in [0.1, 0.15) is 0 Å². The van der Waals surface area contributed by atoms with Gasteiger partial charge in [-0.1, -0.05) is 26.0 Å². The first-order chi connectivity index (χ1) is 6.45. The summed E-state index contributed by atoms with van der Waals surface area (Å²) in [7, 11) is 0. The van der Waals surface area contributed by atoms with Gasteiger partial charge in [-0.25, -0.2) is 0 Å². The molecule has 2 unspecified atom stereocenters. The highest BCUT2D eigenvalue weighted by Crippen LogP contribution is 2.34. The van der Waals surface area contributed by atoms with Gasteiger partial charge in [-0.2, -0.15) is 0 Å². The molecule has 0 bridgehead atoms. The Kier molecular flexibility index (Phi) is 2.93. The van der Waals surface area contributed by atoms with Crippen molar-refractivity contribution in [2.45, 2.75) is 13.8 Å². The normalized spacial score (nSPS) is 36.7. The van der Waals surface area contributed by atoms with Crippen molar-refractivity contribution in [2.24, 2.45) is 23.7 Å². The number of hydrogen-bond acceptors (Lipinski definition) is 2. The van der Waals surface area contributed by atoms with Crippen LogP contribution < -0.4 is 0 Å². The van der Waals surface area contributed by atoms with Gasteiger partial charge in [0, 0.05) is 0 Å². The van der Waals surface area contributed by atoms with Crippen molar-refractivity contribution in [3.05, 3.63) is 12.2 Å². The van der Waals surface area contributed by atoms with Crippen LogP contribution >= 0.6 is 0 Å². The standard InChI is InChI=1S/C10H14O4/c1-5-3-4-6(2)8(10(13)14)7(5)9(11)12/h3-8H,1-2H3,(H,11,12)(H,13,14)/t5-,6+,7?,8?. The molecule has 1 aliphatic rings. The largest absolute Gasteiger partial charge is 0.481 e. The highest BCUT2D eigenvalue weighted by molar-refractivity contribution is 5.81. The van der Waals surface area contributed by atoms with Crippen LogP contribution in [-0.2, 0) is 9.59 Å². The molecule has 2 N–H and O–H groups in total. The van der Waals surface area contributed by atoms with E-state index in [-0.39, 0.29) is 11.8 Å². The van der Waals surface area contributed by atoms with E-state index >= 15 is 0 Å². The SMILES string of the molecule is C[C@@H]1C=C[C@H](C)C(C(=O)O)C1C(=O)O. The van der Waals surface area contributed by atoms with E-state index in [4.69, 9.17) is 10.2 Å². The lowest BCUT2D eigenvalue weighted by Crippen LogP contribution is -2.39. The molecule has 0 spiro atoms. The van der Waals surface area contributed by atoms with E-state index in [2.05, 4.69) is 0 Å². The number of carboxylic acids is 2. The summed E-state index contributed by atoms with van der Waals surface area (Å²) in [4.78, 5) is 21.9.